The number of nitrogens with one attached hydrogen (secondary N) is 1. The average Bonchev–Trinajstić information content (AvgIpc) is 2.90. The number of hydrogen-bond acceptors (Lipinski definition) is 5. The second kappa shape index (κ2) is 6.79. The molecule has 1 atom stereocenters. The normalized spacial score (nSPS) is 12.0. The molecule has 0 aliphatic carbocycles. The Balaban J connectivity index is 2.55. The lowest BCUT2D eigenvalue weighted by atomic mass is 10.00. The minimum Gasteiger partial charge on any atom is -0.481 e. The highest BCUT2D eigenvalue weighted by molar-refractivity contribution is 7.16. The average molecular weight is 319 g/mol. The Morgan fingerprint density at radius 2 is 2.09 bits per heavy atom. The van der Waals surface area contributed by atoms with E-state index < -0.39 is 5.97 Å². The first-order chi connectivity index (χ1) is 10.4. The van der Waals surface area contributed by atoms with E-state index in [0.717, 1.165) is 27.0 Å². The van der Waals surface area contributed by atoms with Crippen LogP contribution in [0.4, 0.5) is 10.8 Å². The third kappa shape index (κ3) is 3.39. The molecule has 0 fully saturated rings. The number of carboxylic acids is 1. The van der Waals surface area contributed by atoms with Gasteiger partial charge in [-0.1, -0.05) is 25.1 Å². The summed E-state index contributed by atoms with van der Waals surface area (Å²) < 4.78 is 0. The van der Waals surface area contributed by atoms with E-state index >= 15 is 0 Å². The van der Waals surface area contributed by atoms with Crippen molar-refractivity contribution in [3.8, 4) is 11.3 Å². The molecule has 2 N–H and O–H groups in total. The van der Waals surface area contributed by atoms with Crippen molar-refractivity contribution >= 4 is 28.1 Å². The second-order valence-electron chi connectivity index (χ2n) is 5.39. The number of rotatable bonds is 6. The van der Waals surface area contributed by atoms with E-state index in [-0.39, 0.29) is 12.3 Å². The number of hydrogen-bond donors (Lipinski definition) is 2. The molecule has 1 aromatic carbocycles. The van der Waals surface area contributed by atoms with Gasteiger partial charge in [0.2, 0.25) is 0 Å². The van der Waals surface area contributed by atoms with Crippen LogP contribution in [0.25, 0.3) is 11.3 Å². The number of anilines is 2. The van der Waals surface area contributed by atoms with Gasteiger partial charge in [0, 0.05) is 43.2 Å². The lowest BCUT2D eigenvalue weighted by Crippen LogP contribution is -2.10. The summed E-state index contributed by atoms with van der Waals surface area (Å²) in [5, 5.41) is 12.9. The second-order valence-corrected chi connectivity index (χ2v) is 6.42. The maximum atomic E-state index is 11.0. The maximum absolute atomic E-state index is 11.0. The SMILES string of the molecule is CNc1nc(-c2ccccc2N(C)C)c(C(C)CC(=O)O)s1. The molecular formula is C16H21N3O2S. The van der Waals surface area contributed by atoms with Gasteiger partial charge in [0.25, 0.3) is 0 Å². The molecule has 0 bridgehead atoms. The lowest BCUT2D eigenvalue weighted by Gasteiger charge is -2.18. The van der Waals surface area contributed by atoms with Crippen LogP contribution in [0.15, 0.2) is 24.3 Å². The van der Waals surface area contributed by atoms with Gasteiger partial charge in [-0.2, -0.15) is 0 Å². The molecular weight excluding hydrogens is 298 g/mol. The molecule has 0 aliphatic rings. The Bertz CT molecular complexity index is 667. The van der Waals surface area contributed by atoms with Gasteiger partial charge in [-0.3, -0.25) is 4.79 Å². The highest BCUT2D eigenvalue weighted by Gasteiger charge is 2.22. The van der Waals surface area contributed by atoms with Gasteiger partial charge in [0.1, 0.15) is 0 Å². The van der Waals surface area contributed by atoms with Crippen molar-refractivity contribution in [1.29, 1.82) is 0 Å². The number of carbonyl (C=O) groups is 1. The summed E-state index contributed by atoms with van der Waals surface area (Å²) >= 11 is 1.52. The molecule has 0 aliphatic heterocycles. The quantitative estimate of drug-likeness (QED) is 0.853. The summed E-state index contributed by atoms with van der Waals surface area (Å²) in [6, 6.07) is 8.04. The minimum atomic E-state index is -0.793. The smallest absolute Gasteiger partial charge is 0.303 e. The molecule has 0 saturated carbocycles. The van der Waals surface area contributed by atoms with Crippen LogP contribution in [-0.2, 0) is 4.79 Å². The van der Waals surface area contributed by atoms with Gasteiger partial charge < -0.3 is 15.3 Å². The number of benzene rings is 1. The van der Waals surface area contributed by atoms with Crippen LogP contribution >= 0.6 is 11.3 Å². The monoisotopic (exact) mass is 319 g/mol. The first kappa shape index (κ1) is 16.3. The highest BCUT2D eigenvalue weighted by atomic mass is 32.1. The number of thiazole rings is 1. The molecule has 0 saturated heterocycles. The van der Waals surface area contributed by atoms with Crippen molar-refractivity contribution in [2.75, 3.05) is 31.4 Å². The van der Waals surface area contributed by atoms with E-state index in [4.69, 9.17) is 5.11 Å². The van der Waals surface area contributed by atoms with Gasteiger partial charge in [-0.15, -0.1) is 11.3 Å². The van der Waals surface area contributed by atoms with Crippen molar-refractivity contribution in [3.63, 3.8) is 0 Å². The Morgan fingerprint density at radius 1 is 1.41 bits per heavy atom. The molecule has 0 radical (unpaired) electrons. The Hall–Kier alpha value is -2.08. The predicted octanol–water partition coefficient (Wildman–Crippen LogP) is 3.50. The molecule has 1 unspecified atom stereocenters. The van der Waals surface area contributed by atoms with Crippen LogP contribution in [0.3, 0.4) is 0 Å². The summed E-state index contributed by atoms with van der Waals surface area (Å²) in [7, 11) is 5.81. The van der Waals surface area contributed by atoms with Crippen LogP contribution < -0.4 is 10.2 Å². The standard InChI is InChI=1S/C16H21N3O2S/c1-10(9-13(20)21)15-14(18-16(17-2)22-15)11-7-5-6-8-12(11)19(3)4/h5-8,10H,9H2,1-4H3,(H,17,18)(H,20,21). The number of nitrogens with zero attached hydrogens (tertiary/aromatic N) is 2. The van der Waals surface area contributed by atoms with E-state index in [9.17, 15) is 4.79 Å². The van der Waals surface area contributed by atoms with Gasteiger partial charge >= 0.3 is 5.97 Å². The van der Waals surface area contributed by atoms with E-state index in [1.165, 1.54) is 11.3 Å². The topological polar surface area (TPSA) is 65.5 Å². The molecule has 0 amide bonds. The largest absolute Gasteiger partial charge is 0.481 e. The number of aromatic nitrogens is 1. The van der Waals surface area contributed by atoms with Crippen LogP contribution in [-0.4, -0.2) is 37.2 Å². The Kier molecular flexibility index (Phi) is 5.03. The van der Waals surface area contributed by atoms with Gasteiger partial charge in [0.05, 0.1) is 12.1 Å². The molecule has 22 heavy (non-hydrogen) atoms. The molecule has 2 aromatic rings. The van der Waals surface area contributed by atoms with Crippen molar-refractivity contribution in [2.45, 2.75) is 19.3 Å². The Labute approximate surface area is 134 Å². The molecule has 0 spiro atoms. The fraction of sp³-hybridized carbons (Fsp3) is 0.375. The van der Waals surface area contributed by atoms with Crippen LogP contribution in [0.2, 0.25) is 0 Å². The zero-order chi connectivity index (χ0) is 16.3. The lowest BCUT2D eigenvalue weighted by molar-refractivity contribution is -0.137. The van der Waals surface area contributed by atoms with E-state index in [0.29, 0.717) is 0 Å². The van der Waals surface area contributed by atoms with Crippen molar-refractivity contribution in [2.24, 2.45) is 0 Å². The van der Waals surface area contributed by atoms with Gasteiger partial charge in [-0.05, 0) is 6.07 Å². The van der Waals surface area contributed by atoms with Gasteiger partial charge in [0.15, 0.2) is 5.13 Å². The van der Waals surface area contributed by atoms with E-state index in [1.807, 2.05) is 57.2 Å². The molecule has 5 nitrogen and oxygen atoms in total. The molecule has 2 rings (SSSR count). The molecule has 118 valence electrons. The van der Waals surface area contributed by atoms with E-state index in [2.05, 4.69) is 10.3 Å². The highest BCUT2D eigenvalue weighted by Crippen LogP contribution is 2.40. The number of aliphatic carboxylic acids is 1. The summed E-state index contributed by atoms with van der Waals surface area (Å²) in [6.45, 7) is 1.93. The fourth-order valence-corrected chi connectivity index (χ4v) is 3.37. The molecule has 1 heterocycles. The summed E-state index contributed by atoms with van der Waals surface area (Å²) in [5.41, 5.74) is 2.96. The van der Waals surface area contributed by atoms with Crippen molar-refractivity contribution in [1.82, 2.24) is 4.98 Å². The number of carboxylic acid groups (broad SMARTS) is 1. The first-order valence-electron chi connectivity index (χ1n) is 7.11. The molecule has 6 heteroatoms. The van der Waals surface area contributed by atoms with Crippen molar-refractivity contribution in [3.05, 3.63) is 29.1 Å². The summed E-state index contributed by atoms with van der Waals surface area (Å²) in [6.07, 6.45) is 0.0997. The zero-order valence-electron chi connectivity index (χ0n) is 13.3. The third-order valence-electron chi connectivity index (χ3n) is 3.44. The first-order valence-corrected chi connectivity index (χ1v) is 7.92. The van der Waals surface area contributed by atoms with Gasteiger partial charge in [-0.25, -0.2) is 4.98 Å². The van der Waals surface area contributed by atoms with Crippen LogP contribution in [0.5, 0.6) is 0 Å². The summed E-state index contributed by atoms with van der Waals surface area (Å²) in [4.78, 5) is 18.7. The predicted molar refractivity (Wildman–Crippen MR) is 92.1 cm³/mol. The summed E-state index contributed by atoms with van der Waals surface area (Å²) in [5.74, 6) is -0.874. The van der Waals surface area contributed by atoms with Crippen LogP contribution in [0, 0.1) is 0 Å². The third-order valence-corrected chi connectivity index (χ3v) is 4.74. The fourth-order valence-electron chi connectivity index (χ4n) is 2.38. The van der Waals surface area contributed by atoms with Crippen molar-refractivity contribution < 1.29 is 9.90 Å². The van der Waals surface area contributed by atoms with Crippen LogP contribution in [0.1, 0.15) is 24.1 Å². The number of para-hydroxylation sites is 1. The minimum absolute atomic E-state index is 0.0812. The maximum Gasteiger partial charge on any atom is 0.303 e. The Morgan fingerprint density at radius 3 is 2.68 bits per heavy atom. The van der Waals surface area contributed by atoms with E-state index in [1.54, 1.807) is 0 Å². The zero-order valence-corrected chi connectivity index (χ0v) is 14.1. The molecule has 1 aromatic heterocycles.